The van der Waals surface area contributed by atoms with Crippen LogP contribution in [0.15, 0.2) is 0 Å². The number of carbonyl (C=O) groups excluding carboxylic acids is 2. The quantitative estimate of drug-likeness (QED) is 0.465. The zero-order chi connectivity index (χ0) is 10.3. The molecule has 1 saturated heterocycles. The lowest BCUT2D eigenvalue weighted by Crippen LogP contribution is -2.50. The van der Waals surface area contributed by atoms with Gasteiger partial charge in [-0.2, -0.15) is 0 Å². The number of carboxylic acid groups (broad SMARTS) is 2. The van der Waals surface area contributed by atoms with Gasteiger partial charge in [0.05, 0.1) is 11.9 Å². The van der Waals surface area contributed by atoms with Crippen LogP contribution in [0.25, 0.3) is 0 Å². The van der Waals surface area contributed by atoms with E-state index in [4.69, 9.17) is 4.74 Å². The minimum Gasteiger partial charge on any atom is -0.547 e. The van der Waals surface area contributed by atoms with Crippen molar-refractivity contribution in [1.29, 1.82) is 0 Å². The van der Waals surface area contributed by atoms with E-state index >= 15 is 0 Å². The van der Waals surface area contributed by atoms with Crippen LogP contribution in [0.4, 0.5) is 0 Å². The van der Waals surface area contributed by atoms with Gasteiger partial charge in [0.1, 0.15) is 11.2 Å². The van der Waals surface area contributed by atoms with Gasteiger partial charge in [-0.25, -0.2) is 0 Å². The zero-order valence-corrected chi connectivity index (χ0v) is 7.46. The Hall–Kier alpha value is -1.10. The van der Waals surface area contributed by atoms with Gasteiger partial charge in [0.2, 0.25) is 0 Å². The summed E-state index contributed by atoms with van der Waals surface area (Å²) in [6.45, 7) is 3.08. The molecule has 0 spiro atoms. The van der Waals surface area contributed by atoms with Crippen molar-refractivity contribution in [2.24, 2.45) is 0 Å². The van der Waals surface area contributed by atoms with Crippen LogP contribution in [0.5, 0.6) is 0 Å². The van der Waals surface area contributed by atoms with Crippen molar-refractivity contribution in [1.82, 2.24) is 0 Å². The van der Waals surface area contributed by atoms with Gasteiger partial charge in [0.25, 0.3) is 0 Å². The van der Waals surface area contributed by atoms with Gasteiger partial charge in [-0.1, -0.05) is 13.8 Å². The Morgan fingerprint density at radius 2 is 1.38 bits per heavy atom. The average molecular weight is 186 g/mol. The molecule has 0 aromatic carbocycles. The Bertz CT molecular complexity index is 235. The van der Waals surface area contributed by atoms with E-state index in [0.717, 1.165) is 0 Å². The van der Waals surface area contributed by atoms with E-state index < -0.39 is 23.1 Å². The van der Waals surface area contributed by atoms with Gasteiger partial charge in [-0.3, -0.25) is 0 Å². The minimum absolute atomic E-state index is 0.0666. The third-order valence-electron chi connectivity index (χ3n) is 2.61. The van der Waals surface area contributed by atoms with Crippen LogP contribution < -0.4 is 10.2 Å². The van der Waals surface area contributed by atoms with Gasteiger partial charge >= 0.3 is 0 Å². The Morgan fingerprint density at radius 1 is 1.08 bits per heavy atom. The SMILES string of the molecule is CC[C@@]1(C(=O)[O-])O[C@@]1(CC)C(=O)[O-]. The molecule has 0 aliphatic carbocycles. The van der Waals surface area contributed by atoms with Gasteiger partial charge in [0.15, 0.2) is 0 Å². The lowest BCUT2D eigenvalue weighted by atomic mass is 9.88. The van der Waals surface area contributed by atoms with E-state index in [2.05, 4.69) is 0 Å². The highest BCUT2D eigenvalue weighted by atomic mass is 16.7. The highest BCUT2D eigenvalue weighted by molar-refractivity contribution is 5.94. The predicted octanol–water partition coefficient (Wildman–Crippen LogP) is -2.19. The van der Waals surface area contributed by atoms with Crippen LogP contribution in [0.2, 0.25) is 0 Å². The summed E-state index contributed by atoms with van der Waals surface area (Å²) in [4.78, 5) is 21.3. The van der Waals surface area contributed by atoms with Crippen molar-refractivity contribution in [3.63, 3.8) is 0 Å². The number of rotatable bonds is 4. The van der Waals surface area contributed by atoms with E-state index in [1.807, 2.05) is 0 Å². The fourth-order valence-electron chi connectivity index (χ4n) is 1.69. The normalized spacial score (nSPS) is 37.1. The Kier molecular flexibility index (Phi) is 2.07. The van der Waals surface area contributed by atoms with Gasteiger partial charge in [-0.15, -0.1) is 0 Å². The third-order valence-corrected chi connectivity index (χ3v) is 2.61. The largest absolute Gasteiger partial charge is 0.547 e. The molecule has 0 bridgehead atoms. The van der Waals surface area contributed by atoms with Crippen LogP contribution in [0, 0.1) is 0 Å². The summed E-state index contributed by atoms with van der Waals surface area (Å²) < 4.78 is 4.79. The fraction of sp³-hybridized carbons (Fsp3) is 0.750. The van der Waals surface area contributed by atoms with Crippen molar-refractivity contribution in [2.75, 3.05) is 0 Å². The van der Waals surface area contributed by atoms with Crippen molar-refractivity contribution in [2.45, 2.75) is 37.9 Å². The predicted molar refractivity (Wildman–Crippen MR) is 37.1 cm³/mol. The topological polar surface area (TPSA) is 92.8 Å². The Morgan fingerprint density at radius 3 is 1.46 bits per heavy atom. The highest BCUT2D eigenvalue weighted by Gasteiger charge is 2.70. The second-order valence-corrected chi connectivity index (χ2v) is 3.04. The maximum Gasteiger partial charge on any atom is 0.143 e. The molecule has 1 rings (SSSR count). The van der Waals surface area contributed by atoms with E-state index in [-0.39, 0.29) is 12.8 Å². The number of carbonyl (C=O) groups is 2. The van der Waals surface area contributed by atoms with Crippen LogP contribution in [0.1, 0.15) is 26.7 Å². The zero-order valence-electron chi connectivity index (χ0n) is 7.46. The van der Waals surface area contributed by atoms with Crippen LogP contribution in [-0.2, 0) is 14.3 Å². The fourth-order valence-corrected chi connectivity index (χ4v) is 1.69. The summed E-state index contributed by atoms with van der Waals surface area (Å²) in [5.41, 5.74) is -3.36. The van der Waals surface area contributed by atoms with Crippen molar-refractivity contribution in [3.05, 3.63) is 0 Å². The van der Waals surface area contributed by atoms with Crippen LogP contribution in [0.3, 0.4) is 0 Å². The third kappa shape index (κ3) is 0.966. The number of epoxide rings is 1. The number of ether oxygens (including phenoxy) is 1. The molecule has 74 valence electrons. The van der Waals surface area contributed by atoms with E-state index in [9.17, 15) is 19.8 Å². The first kappa shape index (κ1) is 9.98. The van der Waals surface area contributed by atoms with E-state index in [0.29, 0.717) is 0 Å². The molecule has 2 atom stereocenters. The Labute approximate surface area is 75.3 Å². The molecular formula is C8H10O5-2. The van der Waals surface area contributed by atoms with Crippen LogP contribution >= 0.6 is 0 Å². The molecule has 1 aliphatic heterocycles. The monoisotopic (exact) mass is 186 g/mol. The second kappa shape index (κ2) is 2.70. The average Bonchev–Trinajstić information content (AvgIpc) is 2.75. The summed E-state index contributed by atoms with van der Waals surface area (Å²) in [5, 5.41) is 21.3. The Balaban J connectivity index is 2.99. The van der Waals surface area contributed by atoms with Crippen LogP contribution in [-0.4, -0.2) is 23.1 Å². The molecular weight excluding hydrogens is 176 g/mol. The first-order valence-corrected chi connectivity index (χ1v) is 4.10. The molecule has 13 heavy (non-hydrogen) atoms. The lowest BCUT2D eigenvalue weighted by molar-refractivity contribution is -0.318. The molecule has 0 aromatic rings. The molecule has 1 heterocycles. The number of hydrogen-bond acceptors (Lipinski definition) is 5. The first-order valence-electron chi connectivity index (χ1n) is 4.10. The number of aliphatic carboxylic acids is 2. The van der Waals surface area contributed by atoms with E-state index in [1.54, 1.807) is 0 Å². The second-order valence-electron chi connectivity index (χ2n) is 3.04. The first-order chi connectivity index (χ1) is 5.97. The molecule has 0 aromatic heterocycles. The summed E-state index contributed by atoms with van der Waals surface area (Å²) in [6, 6.07) is 0. The lowest BCUT2D eigenvalue weighted by Gasteiger charge is -2.19. The molecule has 0 amide bonds. The molecule has 0 radical (unpaired) electrons. The van der Waals surface area contributed by atoms with E-state index in [1.165, 1.54) is 13.8 Å². The smallest absolute Gasteiger partial charge is 0.143 e. The van der Waals surface area contributed by atoms with Crippen molar-refractivity contribution in [3.8, 4) is 0 Å². The summed E-state index contributed by atoms with van der Waals surface area (Å²) in [5.74, 6) is -2.97. The molecule has 5 nitrogen and oxygen atoms in total. The molecule has 0 unspecified atom stereocenters. The van der Waals surface area contributed by atoms with Crippen molar-refractivity contribution < 1.29 is 24.5 Å². The standard InChI is InChI=1S/C8H12O5/c1-3-7(5(9)10)8(4-2,13-7)6(11)12/h3-4H2,1-2H3,(H,9,10)(H,11,12)/p-2/t7-,8-/m0/s1. The molecule has 0 saturated carbocycles. The maximum absolute atomic E-state index is 10.7. The molecule has 5 heteroatoms. The summed E-state index contributed by atoms with van der Waals surface area (Å²) >= 11 is 0. The summed E-state index contributed by atoms with van der Waals surface area (Å²) in [7, 11) is 0. The number of hydrogen-bond donors (Lipinski definition) is 0. The van der Waals surface area contributed by atoms with Gasteiger partial charge in [0, 0.05) is 0 Å². The molecule has 1 fully saturated rings. The highest BCUT2D eigenvalue weighted by Crippen LogP contribution is 2.52. The minimum atomic E-state index is -1.68. The maximum atomic E-state index is 10.7. The van der Waals surface area contributed by atoms with Gasteiger partial charge < -0.3 is 24.5 Å². The molecule has 0 N–H and O–H groups in total. The number of carboxylic acids is 2. The molecule has 1 aliphatic rings. The summed E-state index contributed by atoms with van der Waals surface area (Å²) in [6.07, 6.45) is 0.133. The van der Waals surface area contributed by atoms with Crippen molar-refractivity contribution >= 4 is 11.9 Å². The van der Waals surface area contributed by atoms with Gasteiger partial charge in [-0.05, 0) is 12.8 Å².